The molecule has 0 bridgehead atoms. The van der Waals surface area contributed by atoms with Crippen LogP contribution < -0.4 is 0 Å². The number of nitrogens with zero attached hydrogens (tertiary/aromatic N) is 2. The zero-order valence-electron chi connectivity index (χ0n) is 9.58. The Hall–Kier alpha value is -0.930. The predicted octanol–water partition coefficient (Wildman–Crippen LogP) is 5.54. The summed E-state index contributed by atoms with van der Waals surface area (Å²) < 4.78 is 23.7. The van der Waals surface area contributed by atoms with Crippen LogP contribution in [-0.4, -0.2) is 9.28 Å². The van der Waals surface area contributed by atoms with Gasteiger partial charge in [-0.25, -0.2) is 0 Å². The third kappa shape index (κ3) is 3.58. The van der Waals surface area contributed by atoms with Crippen LogP contribution in [0.5, 0.6) is 0 Å². The molecule has 2 nitrogen and oxygen atoms in total. The number of halogens is 5. The van der Waals surface area contributed by atoms with E-state index in [1.165, 1.54) is 23.0 Å². The third-order valence-electron chi connectivity index (χ3n) is 2.32. The summed E-state index contributed by atoms with van der Waals surface area (Å²) in [7, 11) is 0. The van der Waals surface area contributed by atoms with Gasteiger partial charge in [0.25, 0.3) is 0 Å². The van der Waals surface area contributed by atoms with Crippen LogP contribution in [0.25, 0.3) is 5.69 Å². The van der Waals surface area contributed by atoms with E-state index in [1.807, 2.05) is 6.07 Å². The molecular formula is C12H5Cl3F2N2S. The summed E-state index contributed by atoms with van der Waals surface area (Å²) in [6.45, 7) is 0. The lowest BCUT2D eigenvalue weighted by Crippen LogP contribution is -1.97. The maximum absolute atomic E-state index is 12.8. The van der Waals surface area contributed by atoms with Gasteiger partial charge in [0.15, 0.2) is 0 Å². The van der Waals surface area contributed by atoms with Crippen molar-refractivity contribution < 1.29 is 8.78 Å². The normalized spacial score (nSPS) is 11.4. The van der Waals surface area contributed by atoms with Gasteiger partial charge in [0.2, 0.25) is 0 Å². The topological polar surface area (TPSA) is 28.7 Å². The maximum Gasteiger partial charge on any atom is 0.375 e. The molecule has 0 saturated carbocycles. The number of hydrogen-bond acceptors (Lipinski definition) is 2. The zero-order chi connectivity index (χ0) is 14.9. The molecule has 1 aromatic carbocycles. The fourth-order valence-corrected chi connectivity index (χ4v) is 2.93. The maximum atomic E-state index is 12.8. The van der Waals surface area contributed by atoms with E-state index < -0.39 is 4.71 Å². The van der Waals surface area contributed by atoms with Crippen LogP contribution in [0.2, 0.25) is 10.0 Å². The van der Waals surface area contributed by atoms with E-state index in [-0.39, 0.29) is 22.2 Å². The summed E-state index contributed by atoms with van der Waals surface area (Å²) in [5.74, 6) is 0. The second-order valence-corrected chi connectivity index (χ2v) is 6.40. The zero-order valence-corrected chi connectivity index (χ0v) is 12.7. The highest BCUT2D eigenvalue weighted by molar-refractivity contribution is 8.01. The van der Waals surface area contributed by atoms with Crippen LogP contribution in [0.4, 0.5) is 8.78 Å². The van der Waals surface area contributed by atoms with Gasteiger partial charge in [-0.3, -0.25) is 0 Å². The van der Waals surface area contributed by atoms with Gasteiger partial charge in [0, 0.05) is 17.4 Å². The smallest absolute Gasteiger partial charge is 0.320 e. The molecule has 0 unspecified atom stereocenters. The fraction of sp³-hybridized carbons (Fsp3) is 0.0833. The first-order valence-electron chi connectivity index (χ1n) is 5.13. The van der Waals surface area contributed by atoms with Crippen LogP contribution in [0.3, 0.4) is 0 Å². The van der Waals surface area contributed by atoms with Crippen molar-refractivity contribution in [1.29, 1.82) is 5.26 Å². The Bertz CT molecular complexity index is 689. The lowest BCUT2D eigenvalue weighted by Gasteiger charge is -2.06. The molecule has 1 aromatic heterocycles. The number of alkyl halides is 3. The number of thioether (sulfide) groups is 1. The van der Waals surface area contributed by atoms with E-state index in [0.29, 0.717) is 15.7 Å². The molecule has 20 heavy (non-hydrogen) atoms. The Balaban J connectivity index is 2.46. The summed E-state index contributed by atoms with van der Waals surface area (Å²) >= 11 is 16.8. The Morgan fingerprint density at radius 2 is 1.95 bits per heavy atom. The standard InChI is InChI=1S/C12H5Cl3F2N2S/c13-8-1-2-10(9(14)3-8)19-5-7(4-18)11(6-19)20-12(15,16)17/h1-3,5-6H. The minimum absolute atomic E-state index is 0.0681. The van der Waals surface area contributed by atoms with Crippen LogP contribution >= 0.6 is 46.6 Å². The van der Waals surface area contributed by atoms with Gasteiger partial charge in [-0.05, 0) is 41.6 Å². The molecule has 1 heterocycles. The number of aromatic nitrogens is 1. The largest absolute Gasteiger partial charge is 0.375 e. The van der Waals surface area contributed by atoms with Gasteiger partial charge in [-0.1, -0.05) is 23.2 Å². The quantitative estimate of drug-likeness (QED) is 0.535. The molecular weight excluding hydrogens is 349 g/mol. The Labute approximate surface area is 132 Å². The van der Waals surface area contributed by atoms with E-state index in [2.05, 4.69) is 0 Å². The second kappa shape index (κ2) is 5.82. The molecule has 0 aliphatic carbocycles. The van der Waals surface area contributed by atoms with Crippen molar-refractivity contribution in [1.82, 2.24) is 4.57 Å². The molecule has 0 spiro atoms. The van der Waals surface area contributed by atoms with Crippen molar-refractivity contribution in [3.05, 3.63) is 46.2 Å². The first-order valence-corrected chi connectivity index (χ1v) is 7.08. The van der Waals surface area contributed by atoms with Gasteiger partial charge in [-0.15, -0.1) is 0 Å². The van der Waals surface area contributed by atoms with Crippen LogP contribution in [-0.2, 0) is 0 Å². The molecule has 0 atom stereocenters. The molecule has 2 aromatic rings. The Morgan fingerprint density at radius 1 is 1.25 bits per heavy atom. The molecule has 0 amide bonds. The van der Waals surface area contributed by atoms with E-state index in [4.69, 9.17) is 40.1 Å². The number of hydrogen-bond donors (Lipinski definition) is 0. The highest BCUT2D eigenvalue weighted by Crippen LogP contribution is 2.41. The molecule has 8 heteroatoms. The molecule has 0 saturated heterocycles. The monoisotopic (exact) mass is 352 g/mol. The first kappa shape index (κ1) is 15.5. The Kier molecular flexibility index (Phi) is 4.50. The summed E-state index contributed by atoms with van der Waals surface area (Å²) in [5.41, 5.74) is 0.610. The number of benzene rings is 1. The van der Waals surface area contributed by atoms with Crippen LogP contribution in [0.1, 0.15) is 5.56 Å². The average Bonchev–Trinajstić information content (AvgIpc) is 2.69. The van der Waals surface area contributed by atoms with Crippen molar-refractivity contribution in [2.75, 3.05) is 0 Å². The summed E-state index contributed by atoms with van der Waals surface area (Å²) in [6, 6.07) is 6.59. The van der Waals surface area contributed by atoms with E-state index in [0.717, 1.165) is 0 Å². The Morgan fingerprint density at radius 3 is 2.50 bits per heavy atom. The van der Waals surface area contributed by atoms with Crippen LogP contribution in [0.15, 0.2) is 35.5 Å². The number of nitriles is 1. The molecule has 0 fully saturated rings. The molecule has 0 N–H and O–H groups in total. The average molecular weight is 354 g/mol. The van der Waals surface area contributed by atoms with Gasteiger partial charge in [0.1, 0.15) is 6.07 Å². The summed E-state index contributed by atoms with van der Waals surface area (Å²) in [6.07, 6.45) is 2.77. The minimum Gasteiger partial charge on any atom is -0.320 e. The first-order chi connectivity index (χ1) is 9.30. The summed E-state index contributed by atoms with van der Waals surface area (Å²) in [4.78, 5) is 0.0681. The van der Waals surface area contributed by atoms with Crippen molar-refractivity contribution >= 4 is 46.6 Å². The predicted molar refractivity (Wildman–Crippen MR) is 77.2 cm³/mol. The van der Waals surface area contributed by atoms with Crippen LogP contribution in [0, 0.1) is 11.3 Å². The van der Waals surface area contributed by atoms with Gasteiger partial charge in [0.05, 0.1) is 21.2 Å². The van der Waals surface area contributed by atoms with Crippen molar-refractivity contribution in [2.24, 2.45) is 0 Å². The SMILES string of the molecule is N#Cc1cn(-c2ccc(Cl)cc2Cl)cc1SC(F)(F)Cl. The van der Waals surface area contributed by atoms with Crippen molar-refractivity contribution in [2.45, 2.75) is 9.61 Å². The van der Waals surface area contributed by atoms with E-state index in [9.17, 15) is 8.78 Å². The molecule has 2 rings (SSSR count). The lowest BCUT2D eigenvalue weighted by molar-refractivity contribution is 0.203. The minimum atomic E-state index is -3.48. The van der Waals surface area contributed by atoms with Gasteiger partial charge < -0.3 is 4.57 Å². The van der Waals surface area contributed by atoms with Gasteiger partial charge >= 0.3 is 4.71 Å². The molecule has 0 aliphatic heterocycles. The molecule has 104 valence electrons. The fourth-order valence-electron chi connectivity index (χ4n) is 1.56. The summed E-state index contributed by atoms with van der Waals surface area (Å²) in [5, 5.41) is 9.76. The molecule has 0 aliphatic rings. The highest BCUT2D eigenvalue weighted by atomic mass is 35.5. The lowest BCUT2D eigenvalue weighted by atomic mass is 10.3. The van der Waals surface area contributed by atoms with Crippen molar-refractivity contribution in [3.63, 3.8) is 0 Å². The van der Waals surface area contributed by atoms with E-state index >= 15 is 0 Å². The van der Waals surface area contributed by atoms with E-state index in [1.54, 1.807) is 12.1 Å². The third-order valence-corrected chi connectivity index (χ3v) is 3.87. The van der Waals surface area contributed by atoms with Crippen molar-refractivity contribution in [3.8, 4) is 11.8 Å². The van der Waals surface area contributed by atoms with Gasteiger partial charge in [-0.2, -0.15) is 14.0 Å². The molecule has 0 radical (unpaired) electrons. The number of rotatable bonds is 3. The highest BCUT2D eigenvalue weighted by Gasteiger charge is 2.28. The second-order valence-electron chi connectivity index (χ2n) is 3.70.